The molecule has 4 heterocycles. The number of nitrogen functional groups attached to an aromatic ring is 1. The molecule has 2 N–H and O–H groups in total. The molecule has 0 amide bonds. The molecule has 0 bridgehead atoms. The van der Waals surface area contributed by atoms with E-state index in [1.54, 1.807) is 36.0 Å². The minimum atomic E-state index is -0.774. The second-order valence-electron chi connectivity index (χ2n) is 7.46. The van der Waals surface area contributed by atoms with Gasteiger partial charge in [-0.2, -0.15) is 10.4 Å². The summed E-state index contributed by atoms with van der Waals surface area (Å²) in [5.74, 6) is -0.864. The van der Waals surface area contributed by atoms with Crippen LogP contribution < -0.4 is 5.73 Å². The fourth-order valence-corrected chi connectivity index (χ4v) is 3.44. The van der Waals surface area contributed by atoms with Crippen molar-refractivity contribution in [3.05, 3.63) is 59.3 Å². The van der Waals surface area contributed by atoms with Crippen molar-refractivity contribution in [1.29, 1.82) is 5.26 Å². The zero-order valence-electron chi connectivity index (χ0n) is 17.1. The Labute approximate surface area is 182 Å². The Hall–Kier alpha value is -4.17. The van der Waals surface area contributed by atoms with Gasteiger partial charge < -0.3 is 10.5 Å². The fraction of sp³-hybridized carbons (Fsp3) is 0.238. The Kier molecular flexibility index (Phi) is 4.84. The van der Waals surface area contributed by atoms with Crippen molar-refractivity contribution in [3.63, 3.8) is 0 Å². The normalized spacial score (nSPS) is 13.7. The summed E-state index contributed by atoms with van der Waals surface area (Å²) < 4.78 is 23.4. The molecule has 4 aromatic rings. The quantitative estimate of drug-likeness (QED) is 0.508. The average Bonchev–Trinajstić information content (AvgIpc) is 3.39. The fourth-order valence-electron chi connectivity index (χ4n) is 3.44. The molecule has 1 aliphatic rings. The van der Waals surface area contributed by atoms with Crippen molar-refractivity contribution in [3.8, 4) is 28.8 Å². The third kappa shape index (κ3) is 3.46. The van der Waals surface area contributed by atoms with Gasteiger partial charge in [0.1, 0.15) is 11.4 Å². The van der Waals surface area contributed by atoms with Crippen LogP contribution in [0.25, 0.3) is 22.8 Å². The highest BCUT2D eigenvalue weighted by Crippen LogP contribution is 2.28. The molecule has 0 aliphatic carbocycles. The third-order valence-electron chi connectivity index (χ3n) is 5.34. The van der Waals surface area contributed by atoms with Crippen molar-refractivity contribution < 1.29 is 9.13 Å². The van der Waals surface area contributed by atoms with Crippen molar-refractivity contribution >= 4 is 5.82 Å². The van der Waals surface area contributed by atoms with E-state index in [0.717, 1.165) is 5.69 Å². The van der Waals surface area contributed by atoms with Gasteiger partial charge in [-0.3, -0.25) is 4.68 Å². The first-order valence-corrected chi connectivity index (χ1v) is 9.89. The van der Waals surface area contributed by atoms with Gasteiger partial charge >= 0.3 is 0 Å². The number of nitrogens with zero attached hydrogens (tertiary/aromatic N) is 8. The molecule has 0 radical (unpaired) electrons. The SMILES string of the molecule is Cc1c(C#N)cccc1-c1nc(N)c(F)c(-c2cn(Cc3ccn(C4COC4)n3)nn2)n1. The number of anilines is 1. The number of halogens is 1. The van der Waals surface area contributed by atoms with Crippen molar-refractivity contribution in [2.75, 3.05) is 18.9 Å². The first-order valence-electron chi connectivity index (χ1n) is 9.89. The molecule has 0 saturated carbocycles. The van der Waals surface area contributed by atoms with Gasteiger partial charge in [-0.1, -0.05) is 17.3 Å². The molecule has 1 fully saturated rings. The number of nitrogens with two attached hydrogens (primary N) is 1. The molecule has 32 heavy (non-hydrogen) atoms. The van der Waals surface area contributed by atoms with Crippen LogP contribution in [-0.4, -0.2) is 48.0 Å². The van der Waals surface area contributed by atoms with Gasteiger partial charge in [0.05, 0.1) is 49.3 Å². The van der Waals surface area contributed by atoms with Gasteiger partial charge in [0.25, 0.3) is 0 Å². The Balaban J connectivity index is 1.46. The van der Waals surface area contributed by atoms with Crippen molar-refractivity contribution in [1.82, 2.24) is 34.7 Å². The molecule has 0 spiro atoms. The number of aromatic nitrogens is 7. The monoisotopic (exact) mass is 431 g/mol. The summed E-state index contributed by atoms with van der Waals surface area (Å²) in [6, 6.07) is 9.44. The lowest BCUT2D eigenvalue weighted by Gasteiger charge is -2.25. The Bertz CT molecular complexity index is 1350. The molecular weight excluding hydrogens is 413 g/mol. The van der Waals surface area contributed by atoms with Crippen LogP contribution in [0.15, 0.2) is 36.7 Å². The molecule has 1 aromatic carbocycles. The smallest absolute Gasteiger partial charge is 0.193 e. The van der Waals surface area contributed by atoms with Gasteiger partial charge in [0.15, 0.2) is 17.5 Å². The number of nitriles is 1. The van der Waals surface area contributed by atoms with Gasteiger partial charge in [-0.15, -0.1) is 5.10 Å². The van der Waals surface area contributed by atoms with E-state index in [4.69, 9.17) is 10.5 Å². The lowest BCUT2D eigenvalue weighted by molar-refractivity contribution is -0.0288. The predicted octanol–water partition coefficient (Wildman–Crippen LogP) is 2.12. The van der Waals surface area contributed by atoms with Crippen LogP contribution in [0.4, 0.5) is 10.2 Å². The molecule has 11 heteroatoms. The molecule has 160 valence electrons. The summed E-state index contributed by atoms with van der Waals surface area (Å²) in [4.78, 5) is 8.43. The highest BCUT2D eigenvalue weighted by Gasteiger charge is 2.22. The maximum absolute atomic E-state index is 14.8. The van der Waals surface area contributed by atoms with E-state index in [1.165, 1.54) is 0 Å². The number of hydrogen-bond donors (Lipinski definition) is 1. The third-order valence-corrected chi connectivity index (χ3v) is 5.34. The lowest BCUT2D eigenvalue weighted by Crippen LogP contribution is -2.31. The lowest BCUT2D eigenvalue weighted by atomic mass is 10.0. The van der Waals surface area contributed by atoms with Crippen LogP contribution in [0.1, 0.15) is 22.9 Å². The molecule has 10 nitrogen and oxygen atoms in total. The number of benzene rings is 1. The zero-order valence-corrected chi connectivity index (χ0v) is 17.1. The zero-order chi connectivity index (χ0) is 22.2. The van der Waals surface area contributed by atoms with Crippen LogP contribution in [0.2, 0.25) is 0 Å². The van der Waals surface area contributed by atoms with E-state index in [-0.39, 0.29) is 29.1 Å². The Morgan fingerprint density at radius 1 is 1.28 bits per heavy atom. The number of ether oxygens (including phenoxy) is 1. The van der Waals surface area contributed by atoms with Crippen LogP contribution in [-0.2, 0) is 11.3 Å². The topological polar surface area (TPSA) is 133 Å². The first kappa shape index (κ1) is 19.8. The van der Waals surface area contributed by atoms with Gasteiger partial charge in [0.2, 0.25) is 0 Å². The van der Waals surface area contributed by atoms with Crippen LogP contribution >= 0.6 is 0 Å². The molecule has 0 unspecified atom stereocenters. The van der Waals surface area contributed by atoms with Gasteiger partial charge in [-0.05, 0) is 24.6 Å². The Morgan fingerprint density at radius 2 is 2.12 bits per heavy atom. The molecule has 0 atom stereocenters. The van der Waals surface area contributed by atoms with Crippen LogP contribution in [0.5, 0.6) is 0 Å². The van der Waals surface area contributed by atoms with E-state index >= 15 is 0 Å². The van der Waals surface area contributed by atoms with E-state index in [0.29, 0.717) is 36.4 Å². The second kappa shape index (κ2) is 7.82. The van der Waals surface area contributed by atoms with Gasteiger partial charge in [-0.25, -0.2) is 19.0 Å². The summed E-state index contributed by atoms with van der Waals surface area (Å²) in [5.41, 5.74) is 8.54. The summed E-state index contributed by atoms with van der Waals surface area (Å²) >= 11 is 0. The minimum absolute atomic E-state index is 0.0577. The van der Waals surface area contributed by atoms with E-state index in [2.05, 4.69) is 31.4 Å². The standard InChI is InChI=1S/C21H18FN9O/c1-12-13(7-23)3-2-4-16(12)21-25-19(18(22)20(24)26-21)17-9-30(29-27-17)8-14-5-6-31(28-14)15-10-32-11-15/h2-6,9,15H,8,10-11H2,1H3,(H2,24,25,26). The maximum Gasteiger partial charge on any atom is 0.193 e. The van der Waals surface area contributed by atoms with Crippen molar-refractivity contribution in [2.24, 2.45) is 0 Å². The van der Waals surface area contributed by atoms with Crippen LogP contribution in [0.3, 0.4) is 0 Å². The summed E-state index contributed by atoms with van der Waals surface area (Å²) in [6.07, 6.45) is 3.48. The Morgan fingerprint density at radius 3 is 2.88 bits per heavy atom. The largest absolute Gasteiger partial charge is 0.381 e. The predicted molar refractivity (Wildman–Crippen MR) is 111 cm³/mol. The molecule has 3 aromatic heterocycles. The summed E-state index contributed by atoms with van der Waals surface area (Å²) in [5, 5.41) is 21.9. The highest BCUT2D eigenvalue weighted by atomic mass is 19.1. The summed E-state index contributed by atoms with van der Waals surface area (Å²) in [6.45, 7) is 3.46. The first-order chi connectivity index (χ1) is 15.5. The maximum atomic E-state index is 14.8. The summed E-state index contributed by atoms with van der Waals surface area (Å²) in [7, 11) is 0. The molecule has 1 aliphatic heterocycles. The number of rotatable bonds is 5. The van der Waals surface area contributed by atoms with E-state index < -0.39 is 5.82 Å². The average molecular weight is 431 g/mol. The van der Waals surface area contributed by atoms with Crippen LogP contribution in [0, 0.1) is 24.1 Å². The van der Waals surface area contributed by atoms with E-state index in [9.17, 15) is 9.65 Å². The molecular formula is C21H18FN9O. The minimum Gasteiger partial charge on any atom is -0.381 e. The number of hydrogen-bond acceptors (Lipinski definition) is 8. The van der Waals surface area contributed by atoms with Gasteiger partial charge in [0, 0.05) is 11.8 Å². The highest BCUT2D eigenvalue weighted by molar-refractivity contribution is 5.69. The second-order valence-corrected chi connectivity index (χ2v) is 7.46. The molecule has 5 rings (SSSR count). The molecule has 1 saturated heterocycles. The van der Waals surface area contributed by atoms with Crippen molar-refractivity contribution in [2.45, 2.75) is 19.5 Å². The van der Waals surface area contributed by atoms with E-state index in [1.807, 2.05) is 16.9 Å².